The molecule has 2 aromatic rings. The van der Waals surface area contributed by atoms with Crippen molar-refractivity contribution in [2.75, 3.05) is 13.7 Å². The second-order valence-corrected chi connectivity index (χ2v) is 5.22. The van der Waals surface area contributed by atoms with Crippen molar-refractivity contribution in [2.45, 2.75) is 31.0 Å². The number of amides is 1. The number of hydrogen-bond acceptors (Lipinski definition) is 8. The van der Waals surface area contributed by atoms with Crippen LogP contribution in [-0.4, -0.2) is 72.7 Å². The molecule has 0 aliphatic carbocycles. The Morgan fingerprint density at radius 3 is 2.78 bits per heavy atom. The van der Waals surface area contributed by atoms with E-state index in [4.69, 9.17) is 9.84 Å². The van der Waals surface area contributed by atoms with Gasteiger partial charge in [0.25, 0.3) is 0 Å². The van der Waals surface area contributed by atoms with Crippen LogP contribution in [0.25, 0.3) is 11.2 Å². The van der Waals surface area contributed by atoms with Crippen molar-refractivity contribution >= 4 is 17.1 Å². The summed E-state index contributed by atoms with van der Waals surface area (Å²) in [6.45, 7) is -0.418. The summed E-state index contributed by atoms with van der Waals surface area (Å²) < 4.78 is 6.92. The number of ether oxygens (including phenoxy) is 1. The minimum Gasteiger partial charge on any atom is -0.394 e. The molecule has 4 atom stereocenters. The normalized spacial score (nSPS) is 27.5. The number of likely N-dealkylation sites (N-methyl/N-ethyl adjacent to an activating group) is 1. The molecule has 1 aliphatic rings. The minimum absolute atomic E-state index is 0.0441. The Balaban J connectivity index is 1.97. The number of imidazole rings is 1. The molecule has 0 radical (unpaired) electrons. The lowest BCUT2D eigenvalue weighted by Gasteiger charge is -2.16. The fourth-order valence-electron chi connectivity index (χ4n) is 2.57. The van der Waals surface area contributed by atoms with Crippen LogP contribution in [0.1, 0.15) is 11.9 Å². The molecule has 2 aromatic heterocycles. The first-order valence-corrected chi connectivity index (χ1v) is 7.06. The van der Waals surface area contributed by atoms with Gasteiger partial charge in [0, 0.05) is 7.05 Å². The Labute approximate surface area is 130 Å². The molecular weight excluding hydrogens is 306 g/mol. The quantitative estimate of drug-likeness (QED) is 0.493. The molecule has 1 aliphatic heterocycles. The Hall–Kier alpha value is -2.14. The number of carbonyl (C=O) groups is 1. The smallest absolute Gasteiger partial charge is 0.225 e. The Morgan fingerprint density at radius 1 is 1.35 bits per heavy atom. The van der Waals surface area contributed by atoms with E-state index < -0.39 is 31.1 Å². The van der Waals surface area contributed by atoms with Crippen molar-refractivity contribution in [3.63, 3.8) is 0 Å². The highest BCUT2D eigenvalue weighted by Crippen LogP contribution is 2.31. The molecule has 10 nitrogen and oxygen atoms in total. The minimum atomic E-state index is -1.23. The number of nitrogens with zero attached hydrogens (tertiary/aromatic N) is 4. The first-order valence-electron chi connectivity index (χ1n) is 7.06. The topological polar surface area (TPSA) is 143 Å². The molecule has 124 valence electrons. The average Bonchev–Trinajstić information content (AvgIpc) is 3.10. The predicted molar refractivity (Wildman–Crippen MR) is 76.1 cm³/mol. The molecular formula is C13H17N5O5. The third-order valence-corrected chi connectivity index (χ3v) is 3.83. The third-order valence-electron chi connectivity index (χ3n) is 3.83. The fourth-order valence-corrected chi connectivity index (χ4v) is 2.57. The van der Waals surface area contributed by atoms with Crippen molar-refractivity contribution < 1.29 is 24.9 Å². The summed E-state index contributed by atoms with van der Waals surface area (Å²) in [6, 6.07) is 0. The lowest BCUT2D eigenvalue weighted by Crippen LogP contribution is -2.33. The zero-order valence-electron chi connectivity index (χ0n) is 12.3. The zero-order chi connectivity index (χ0) is 16.6. The van der Waals surface area contributed by atoms with Crippen LogP contribution in [0.2, 0.25) is 0 Å². The summed E-state index contributed by atoms with van der Waals surface area (Å²) in [7, 11) is 1.53. The van der Waals surface area contributed by atoms with Crippen LogP contribution in [0.3, 0.4) is 0 Å². The van der Waals surface area contributed by atoms with Gasteiger partial charge in [-0.3, -0.25) is 9.36 Å². The fraction of sp³-hybridized carbons (Fsp3) is 0.538. The number of aromatic nitrogens is 4. The Morgan fingerprint density at radius 2 is 2.13 bits per heavy atom. The molecule has 3 heterocycles. The van der Waals surface area contributed by atoms with E-state index in [0.717, 1.165) is 0 Å². The van der Waals surface area contributed by atoms with Crippen LogP contribution in [0, 0.1) is 0 Å². The van der Waals surface area contributed by atoms with Crippen LogP contribution in [0.5, 0.6) is 0 Å². The van der Waals surface area contributed by atoms with Gasteiger partial charge >= 0.3 is 0 Å². The van der Waals surface area contributed by atoms with E-state index in [1.807, 2.05) is 0 Å². The summed E-state index contributed by atoms with van der Waals surface area (Å²) >= 11 is 0. The van der Waals surface area contributed by atoms with Gasteiger partial charge < -0.3 is 25.4 Å². The molecule has 1 saturated heterocycles. The summed E-state index contributed by atoms with van der Waals surface area (Å²) in [5.74, 6) is -0.215. The van der Waals surface area contributed by atoms with Crippen molar-refractivity contribution in [1.29, 1.82) is 0 Å². The van der Waals surface area contributed by atoms with Gasteiger partial charge in [0.2, 0.25) is 5.91 Å². The van der Waals surface area contributed by atoms with E-state index in [9.17, 15) is 15.0 Å². The van der Waals surface area contributed by atoms with Crippen molar-refractivity contribution in [1.82, 2.24) is 24.8 Å². The molecule has 0 saturated carbocycles. The van der Waals surface area contributed by atoms with E-state index in [1.165, 1.54) is 24.3 Å². The maximum atomic E-state index is 11.5. The number of aliphatic hydroxyl groups excluding tert-OH is 3. The first-order chi connectivity index (χ1) is 11.1. The maximum absolute atomic E-state index is 11.5. The van der Waals surface area contributed by atoms with Gasteiger partial charge in [0.05, 0.1) is 25.0 Å². The van der Waals surface area contributed by atoms with Crippen LogP contribution >= 0.6 is 0 Å². The van der Waals surface area contributed by atoms with Gasteiger partial charge in [-0.05, 0) is 0 Å². The van der Waals surface area contributed by atoms with Crippen LogP contribution < -0.4 is 5.32 Å². The van der Waals surface area contributed by atoms with Gasteiger partial charge in [0.15, 0.2) is 11.9 Å². The van der Waals surface area contributed by atoms with E-state index in [-0.39, 0.29) is 12.3 Å². The highest BCUT2D eigenvalue weighted by molar-refractivity contribution is 5.83. The second kappa shape index (κ2) is 6.16. The van der Waals surface area contributed by atoms with Crippen LogP contribution in [-0.2, 0) is 16.0 Å². The molecule has 10 heteroatoms. The van der Waals surface area contributed by atoms with Crippen molar-refractivity contribution in [3.05, 3.63) is 18.3 Å². The van der Waals surface area contributed by atoms with Gasteiger partial charge in [-0.2, -0.15) is 0 Å². The number of fused-ring (bicyclic) bond motifs is 1. The first kappa shape index (κ1) is 15.7. The van der Waals surface area contributed by atoms with Crippen molar-refractivity contribution in [2.24, 2.45) is 0 Å². The number of hydrogen-bond donors (Lipinski definition) is 4. The molecule has 0 spiro atoms. The SMILES string of the molecule is CNC(=O)Cc1ncnc2c1ncn2[C@@H]1O[C@H](CO)[C@@H](O)[C@H]1O. The summed E-state index contributed by atoms with van der Waals surface area (Å²) in [6.07, 6.45) is -1.54. The molecule has 1 fully saturated rings. The molecule has 0 unspecified atom stereocenters. The van der Waals surface area contributed by atoms with Gasteiger partial charge in [0.1, 0.15) is 30.2 Å². The van der Waals surface area contributed by atoms with Crippen LogP contribution in [0.15, 0.2) is 12.7 Å². The largest absolute Gasteiger partial charge is 0.394 e. The van der Waals surface area contributed by atoms with Crippen LogP contribution in [0.4, 0.5) is 0 Å². The highest BCUT2D eigenvalue weighted by Gasteiger charge is 2.44. The summed E-state index contributed by atoms with van der Waals surface area (Å²) in [4.78, 5) is 23.9. The summed E-state index contributed by atoms with van der Waals surface area (Å²) in [5.41, 5.74) is 1.22. The molecule has 3 rings (SSSR count). The summed E-state index contributed by atoms with van der Waals surface area (Å²) in [5, 5.41) is 31.6. The highest BCUT2D eigenvalue weighted by atomic mass is 16.6. The Bertz CT molecular complexity index is 720. The number of nitrogens with one attached hydrogen (secondary N) is 1. The van der Waals surface area contributed by atoms with E-state index in [2.05, 4.69) is 20.3 Å². The maximum Gasteiger partial charge on any atom is 0.225 e. The third kappa shape index (κ3) is 2.65. The number of aliphatic hydroxyl groups is 3. The molecule has 4 N–H and O–H groups in total. The van der Waals surface area contributed by atoms with E-state index in [0.29, 0.717) is 16.9 Å². The van der Waals surface area contributed by atoms with Gasteiger partial charge in [-0.15, -0.1) is 0 Å². The molecule has 23 heavy (non-hydrogen) atoms. The predicted octanol–water partition coefficient (Wildman–Crippen LogP) is -2.27. The zero-order valence-corrected chi connectivity index (χ0v) is 12.3. The number of rotatable bonds is 4. The van der Waals surface area contributed by atoms with E-state index in [1.54, 1.807) is 0 Å². The number of carbonyl (C=O) groups excluding carboxylic acids is 1. The standard InChI is InChI=1S/C13H17N5O5/c1-14-8(20)2-6-9-12(16-4-15-6)18(5-17-9)13-11(22)10(21)7(3-19)23-13/h4-5,7,10-11,13,19,21-22H,2-3H2,1H3,(H,14,20)/t7-,10-,11-,13-/m1/s1. The monoisotopic (exact) mass is 323 g/mol. The Kier molecular flexibility index (Phi) is 4.22. The molecule has 0 bridgehead atoms. The van der Waals surface area contributed by atoms with Gasteiger partial charge in [-0.1, -0.05) is 0 Å². The van der Waals surface area contributed by atoms with E-state index >= 15 is 0 Å². The van der Waals surface area contributed by atoms with Crippen molar-refractivity contribution in [3.8, 4) is 0 Å². The average molecular weight is 323 g/mol. The molecule has 1 amide bonds. The second-order valence-electron chi connectivity index (χ2n) is 5.22. The lowest BCUT2D eigenvalue weighted by molar-refractivity contribution is -0.119. The van der Waals surface area contributed by atoms with Gasteiger partial charge in [-0.25, -0.2) is 15.0 Å². The lowest BCUT2D eigenvalue weighted by atomic mass is 10.1. The molecule has 0 aromatic carbocycles.